The van der Waals surface area contributed by atoms with E-state index in [0.717, 1.165) is 83.1 Å². The molecule has 0 amide bonds. The lowest BCUT2D eigenvalue weighted by molar-refractivity contribution is 0.414. The summed E-state index contributed by atoms with van der Waals surface area (Å²) in [4.78, 5) is 4.25. The summed E-state index contributed by atoms with van der Waals surface area (Å²) in [7, 11) is 1.70. The molecule has 83 heavy (non-hydrogen) atoms. The third kappa shape index (κ3) is 32.8. The lowest BCUT2D eigenvalue weighted by Gasteiger charge is -2.15. The topological polar surface area (TPSA) is 22.1 Å². The molecule has 2 nitrogen and oxygen atoms in total. The molecule has 6 heteroatoms. The van der Waals surface area contributed by atoms with E-state index in [1.54, 1.807) is 13.2 Å². The van der Waals surface area contributed by atoms with Gasteiger partial charge in [0, 0.05) is 16.9 Å². The summed E-state index contributed by atoms with van der Waals surface area (Å²) in [6.07, 6.45) is 9.91. The van der Waals surface area contributed by atoms with Crippen LogP contribution in [0.4, 0.5) is 4.39 Å². The molecular formula is C77H107Cl3FNO. The van der Waals surface area contributed by atoms with Gasteiger partial charge in [0.15, 0.2) is 0 Å². The Morgan fingerprint density at radius 2 is 1.08 bits per heavy atom. The summed E-state index contributed by atoms with van der Waals surface area (Å²) >= 11 is 17.4. The Balaban J connectivity index is 0.000000331. The highest BCUT2D eigenvalue weighted by Crippen LogP contribution is 2.51. The first-order valence-electron chi connectivity index (χ1n) is 30.9. The van der Waals surface area contributed by atoms with E-state index in [1.807, 2.05) is 73.8 Å². The predicted molar refractivity (Wildman–Crippen MR) is 365 cm³/mol. The summed E-state index contributed by atoms with van der Waals surface area (Å²) in [5.74, 6) is 9.00. The van der Waals surface area contributed by atoms with E-state index < -0.39 is 0 Å². The lowest BCUT2D eigenvalue weighted by Crippen LogP contribution is -2.01. The zero-order valence-electron chi connectivity index (χ0n) is 54.3. The van der Waals surface area contributed by atoms with Crippen LogP contribution in [0.3, 0.4) is 0 Å². The van der Waals surface area contributed by atoms with Gasteiger partial charge in [-0.2, -0.15) is 0 Å². The second-order valence-electron chi connectivity index (χ2n) is 25.4. The molecule has 4 atom stereocenters. The molecule has 0 saturated heterocycles. The maximum Gasteiger partial charge on any atom is 0.126 e. The van der Waals surface area contributed by atoms with Crippen molar-refractivity contribution in [2.45, 2.75) is 180 Å². The molecule has 1 saturated carbocycles. The molecule has 1 aliphatic carbocycles. The second kappa shape index (κ2) is 41.2. The third-order valence-corrected chi connectivity index (χ3v) is 15.6. The van der Waals surface area contributed by atoms with Crippen LogP contribution in [0.5, 0.6) is 5.75 Å². The largest absolute Gasteiger partial charge is 0.497 e. The Hall–Kier alpha value is -4.93. The van der Waals surface area contributed by atoms with Crippen molar-refractivity contribution in [3.05, 3.63) is 236 Å². The average Bonchev–Trinajstić information content (AvgIpc) is 4.27. The van der Waals surface area contributed by atoms with Crippen LogP contribution < -0.4 is 4.74 Å². The zero-order chi connectivity index (χ0) is 62.0. The number of nitrogens with zero attached hydrogens (tertiary/aromatic N) is 1. The van der Waals surface area contributed by atoms with E-state index >= 15 is 0 Å². The molecule has 4 unspecified atom stereocenters. The molecule has 8 rings (SSSR count). The lowest BCUT2D eigenvalue weighted by atomic mass is 9.90. The van der Waals surface area contributed by atoms with Crippen LogP contribution >= 0.6 is 34.8 Å². The van der Waals surface area contributed by atoms with E-state index in [-0.39, 0.29) is 5.82 Å². The molecule has 0 bridgehead atoms. The molecule has 1 aliphatic rings. The number of hydrogen-bond donors (Lipinski definition) is 0. The summed E-state index contributed by atoms with van der Waals surface area (Å²) in [5.41, 5.74) is 10.1. The second-order valence-corrected chi connectivity index (χ2v) is 26.6. The minimum absolute atomic E-state index is 0.0660. The number of aromatic nitrogens is 1. The summed E-state index contributed by atoms with van der Waals surface area (Å²) in [5, 5.41) is 2.09. The van der Waals surface area contributed by atoms with Crippen molar-refractivity contribution in [3.8, 4) is 5.75 Å². The smallest absolute Gasteiger partial charge is 0.126 e. The van der Waals surface area contributed by atoms with Gasteiger partial charge in [0.1, 0.15) is 11.6 Å². The number of methoxy groups -OCH3 is 1. The first kappa shape index (κ1) is 74.2. The minimum Gasteiger partial charge on any atom is -0.497 e. The molecular weight excluding hydrogens is 1080 g/mol. The normalized spacial score (nSPS) is 13.8. The monoisotopic (exact) mass is 1190 g/mol. The van der Waals surface area contributed by atoms with Gasteiger partial charge in [0.05, 0.1) is 17.2 Å². The molecule has 7 aromatic rings. The van der Waals surface area contributed by atoms with E-state index in [1.165, 1.54) is 58.8 Å². The van der Waals surface area contributed by atoms with Gasteiger partial charge in [-0.15, -0.1) is 0 Å². The maximum absolute atomic E-state index is 13.2. The van der Waals surface area contributed by atoms with Crippen molar-refractivity contribution < 1.29 is 9.13 Å². The number of halogens is 4. The quantitative estimate of drug-likeness (QED) is 0.0907. The Bertz CT molecular complexity index is 2660. The van der Waals surface area contributed by atoms with Gasteiger partial charge in [0.2, 0.25) is 0 Å². The maximum atomic E-state index is 13.2. The number of hydrogen-bond acceptors (Lipinski definition) is 2. The van der Waals surface area contributed by atoms with Gasteiger partial charge >= 0.3 is 0 Å². The van der Waals surface area contributed by atoms with Crippen molar-refractivity contribution in [2.75, 3.05) is 7.11 Å². The number of aryl methyl sites for hydroxylation is 2. The molecule has 0 spiro atoms. The first-order valence-corrected chi connectivity index (χ1v) is 32.0. The van der Waals surface area contributed by atoms with E-state index in [2.05, 4.69) is 207 Å². The number of ether oxygens (including phenoxy) is 1. The van der Waals surface area contributed by atoms with E-state index in [4.69, 9.17) is 39.5 Å². The minimum atomic E-state index is -0.0660. The van der Waals surface area contributed by atoms with Crippen molar-refractivity contribution >= 4 is 34.8 Å². The van der Waals surface area contributed by atoms with Gasteiger partial charge in [-0.05, 0) is 211 Å². The Kier molecular flexibility index (Phi) is 36.8. The van der Waals surface area contributed by atoms with Gasteiger partial charge in [-0.25, -0.2) is 4.39 Å². The molecule has 1 heterocycles. The van der Waals surface area contributed by atoms with Crippen LogP contribution in [-0.2, 0) is 25.7 Å². The highest BCUT2D eigenvalue weighted by Gasteiger charge is 2.39. The van der Waals surface area contributed by atoms with Crippen molar-refractivity contribution in [2.24, 2.45) is 47.3 Å². The van der Waals surface area contributed by atoms with Crippen LogP contribution in [0.1, 0.15) is 192 Å². The average molecular weight is 1190 g/mol. The Morgan fingerprint density at radius 3 is 1.55 bits per heavy atom. The highest BCUT2D eigenvalue weighted by atomic mass is 35.5. The van der Waals surface area contributed by atoms with Crippen molar-refractivity contribution in [3.63, 3.8) is 0 Å². The van der Waals surface area contributed by atoms with Crippen LogP contribution in [0.2, 0.25) is 15.1 Å². The van der Waals surface area contributed by atoms with Crippen LogP contribution in [-0.4, -0.2) is 12.1 Å². The Morgan fingerprint density at radius 1 is 0.530 bits per heavy atom. The van der Waals surface area contributed by atoms with Gasteiger partial charge in [0.25, 0.3) is 0 Å². The fourth-order valence-electron chi connectivity index (χ4n) is 9.50. The standard InChI is InChI=1S/C12H18O.C12H16.C12H18.C11H15F.C10H12Cl2.C10H13Cl.C10H15N/c1-9(2)10(3)11-5-7-12(13-4)8-6-11;1-9(2)11-8-12(11)10-6-4-3-5-7-10;1-10(2)9-11(3)12-7-5-4-6-8-12;1-8(2)7-10-9(3)5-4-6-11(10)12;1-7(2)5-8-3-4-9(11)10(12)6-8;1-8(2)7-9-3-5-10(11)6-4-9;1-9(2)6-7-10-5-3-4-8-11-10/h5-10H,1-4H3;3-7,9,11-12H,8H2,1-2H3;4-8,10-11H,9H2,1-3H3;4-6,8H,7H2,1-3H3;3-4,6-7H,5H2,1-2H3;3-6,8H,7H2,1-2H3;3-5,8-9H,6-7H2,1-2H3. The summed E-state index contributed by atoms with van der Waals surface area (Å²) < 4.78 is 18.3. The van der Waals surface area contributed by atoms with Gasteiger partial charge in [-0.3, -0.25) is 4.98 Å². The van der Waals surface area contributed by atoms with E-state index in [0.29, 0.717) is 39.6 Å². The van der Waals surface area contributed by atoms with Crippen LogP contribution in [0, 0.1) is 60.1 Å². The number of pyridine rings is 1. The highest BCUT2D eigenvalue weighted by molar-refractivity contribution is 6.42. The van der Waals surface area contributed by atoms with Crippen LogP contribution in [0.25, 0.3) is 0 Å². The molecule has 1 aromatic heterocycles. The van der Waals surface area contributed by atoms with Crippen molar-refractivity contribution in [1.82, 2.24) is 4.98 Å². The predicted octanol–water partition coefficient (Wildman–Crippen LogP) is 24.5. The molecule has 1 fully saturated rings. The van der Waals surface area contributed by atoms with Gasteiger partial charge in [-0.1, -0.05) is 255 Å². The van der Waals surface area contributed by atoms with Crippen LogP contribution in [0.15, 0.2) is 170 Å². The molecule has 6 aromatic carbocycles. The number of benzene rings is 6. The first-order chi connectivity index (χ1) is 39.3. The summed E-state index contributed by atoms with van der Waals surface area (Å²) in [6.45, 7) is 37.7. The van der Waals surface area contributed by atoms with E-state index in [9.17, 15) is 4.39 Å². The van der Waals surface area contributed by atoms with Crippen molar-refractivity contribution in [1.29, 1.82) is 0 Å². The third-order valence-electron chi connectivity index (χ3n) is 14.6. The fraction of sp³-hybridized carbons (Fsp3) is 0.468. The van der Waals surface area contributed by atoms with Gasteiger partial charge < -0.3 is 4.74 Å². The fourth-order valence-corrected chi connectivity index (χ4v) is 9.94. The summed E-state index contributed by atoms with van der Waals surface area (Å²) in [6, 6.07) is 55.2. The number of rotatable bonds is 17. The SMILES string of the molecule is CC(C)C1CC1c1ccccc1.CC(C)CC(C)c1ccccc1.CC(C)CCc1ccccn1.CC(C)Cc1ccc(Cl)c(Cl)c1.CC(C)Cc1ccc(Cl)cc1.COc1ccc(C(C)C(C)C)cc1.Cc1cccc(F)c1CC(C)C. The molecule has 0 N–H and O–H groups in total. The molecule has 0 radical (unpaired) electrons. The molecule has 0 aliphatic heterocycles. The molecule has 454 valence electrons. The zero-order valence-corrected chi connectivity index (χ0v) is 56.6. The Labute approximate surface area is 521 Å².